The van der Waals surface area contributed by atoms with E-state index in [2.05, 4.69) is 39.5 Å². The van der Waals surface area contributed by atoms with E-state index >= 15 is 0 Å². The van der Waals surface area contributed by atoms with Crippen LogP contribution in [0.5, 0.6) is 11.5 Å². The molecule has 126 valence electrons. The molecule has 0 fully saturated rings. The van der Waals surface area contributed by atoms with Crippen LogP contribution in [-0.2, 0) is 6.42 Å². The van der Waals surface area contributed by atoms with Gasteiger partial charge in [0.25, 0.3) is 0 Å². The molecule has 2 rings (SSSR count). The first-order chi connectivity index (χ1) is 11.0. The summed E-state index contributed by atoms with van der Waals surface area (Å²) >= 11 is 0. The lowest BCUT2D eigenvalue weighted by molar-refractivity contribution is 0.381. The van der Waals surface area contributed by atoms with Crippen molar-refractivity contribution in [1.29, 1.82) is 0 Å². The van der Waals surface area contributed by atoms with Gasteiger partial charge in [0.1, 0.15) is 11.5 Å². The van der Waals surface area contributed by atoms with Crippen LogP contribution < -0.4 is 4.74 Å². The van der Waals surface area contributed by atoms with Crippen molar-refractivity contribution in [2.75, 3.05) is 7.11 Å². The number of ether oxygens (including phenoxy) is 1. The summed E-state index contributed by atoms with van der Waals surface area (Å²) in [6.45, 7) is 10.6. The smallest absolute Gasteiger partial charge is 0.126 e. The van der Waals surface area contributed by atoms with Gasteiger partial charge in [-0.3, -0.25) is 0 Å². The van der Waals surface area contributed by atoms with Gasteiger partial charge < -0.3 is 9.84 Å². The highest BCUT2D eigenvalue weighted by molar-refractivity contribution is 5.52. The standard InChI is InChI=1S/C21H30O2/c1-6-7-8-16-12-19(22)21(20(13-16)23-5)18-11-15(4)9-10-17(18)14(2)3/h11-13,17-18,22H,2,6-10H2,1,3-5H3/t17-,18+/m0/s1. The van der Waals surface area contributed by atoms with E-state index < -0.39 is 0 Å². The van der Waals surface area contributed by atoms with E-state index in [-0.39, 0.29) is 5.92 Å². The fourth-order valence-electron chi connectivity index (χ4n) is 3.60. The molecule has 0 heterocycles. The first-order valence-electron chi connectivity index (χ1n) is 8.70. The molecule has 1 aromatic rings. The Balaban J connectivity index is 2.47. The van der Waals surface area contributed by atoms with Gasteiger partial charge in [-0.2, -0.15) is 0 Å². The molecule has 2 atom stereocenters. The maximum Gasteiger partial charge on any atom is 0.126 e. The average Bonchev–Trinajstić information content (AvgIpc) is 2.51. The number of allylic oxidation sites excluding steroid dienone is 3. The summed E-state index contributed by atoms with van der Waals surface area (Å²) in [7, 11) is 1.69. The van der Waals surface area contributed by atoms with E-state index in [0.717, 1.165) is 49.0 Å². The van der Waals surface area contributed by atoms with Gasteiger partial charge in [0.2, 0.25) is 0 Å². The molecule has 0 saturated heterocycles. The third-order valence-electron chi connectivity index (χ3n) is 4.93. The third kappa shape index (κ3) is 3.99. The Morgan fingerprint density at radius 1 is 1.39 bits per heavy atom. The van der Waals surface area contributed by atoms with Gasteiger partial charge in [0.05, 0.1) is 7.11 Å². The Bertz CT molecular complexity index is 598. The zero-order chi connectivity index (χ0) is 17.0. The predicted octanol–water partition coefficient (Wildman–Crippen LogP) is 5.76. The van der Waals surface area contributed by atoms with Gasteiger partial charge in [-0.25, -0.2) is 0 Å². The maximum atomic E-state index is 10.7. The van der Waals surface area contributed by atoms with Crippen molar-refractivity contribution in [2.24, 2.45) is 5.92 Å². The molecule has 1 aromatic carbocycles. The Hall–Kier alpha value is -1.70. The molecule has 0 bridgehead atoms. The average molecular weight is 314 g/mol. The molecule has 2 nitrogen and oxygen atoms in total. The Labute approximate surface area is 140 Å². The molecule has 1 aliphatic carbocycles. The molecule has 0 unspecified atom stereocenters. The summed E-state index contributed by atoms with van der Waals surface area (Å²) < 4.78 is 5.64. The van der Waals surface area contributed by atoms with Crippen molar-refractivity contribution < 1.29 is 9.84 Å². The van der Waals surface area contributed by atoms with Crippen molar-refractivity contribution in [3.05, 3.63) is 47.1 Å². The number of benzene rings is 1. The molecule has 0 radical (unpaired) electrons. The van der Waals surface area contributed by atoms with Crippen molar-refractivity contribution in [3.63, 3.8) is 0 Å². The molecule has 0 saturated carbocycles. The zero-order valence-electron chi connectivity index (χ0n) is 15.0. The zero-order valence-corrected chi connectivity index (χ0v) is 15.0. The summed E-state index contributed by atoms with van der Waals surface area (Å²) in [4.78, 5) is 0. The molecule has 1 N–H and O–H groups in total. The topological polar surface area (TPSA) is 29.5 Å². The molecule has 0 aliphatic heterocycles. The maximum absolute atomic E-state index is 10.7. The van der Waals surface area contributed by atoms with Gasteiger partial charge >= 0.3 is 0 Å². The van der Waals surface area contributed by atoms with Crippen LogP contribution in [0.15, 0.2) is 35.9 Å². The highest BCUT2D eigenvalue weighted by atomic mass is 16.5. The number of unbranched alkanes of at least 4 members (excludes halogenated alkanes) is 1. The largest absolute Gasteiger partial charge is 0.507 e. The number of hydrogen-bond acceptors (Lipinski definition) is 2. The second-order valence-corrected chi connectivity index (χ2v) is 6.86. The fourth-order valence-corrected chi connectivity index (χ4v) is 3.60. The lowest BCUT2D eigenvalue weighted by Gasteiger charge is -2.32. The monoisotopic (exact) mass is 314 g/mol. The quantitative estimate of drug-likeness (QED) is 0.676. The summed E-state index contributed by atoms with van der Waals surface area (Å²) in [6, 6.07) is 4.01. The van der Waals surface area contributed by atoms with E-state index in [4.69, 9.17) is 4.74 Å². The summed E-state index contributed by atoms with van der Waals surface area (Å²) in [5.41, 5.74) is 4.62. The van der Waals surface area contributed by atoms with Crippen LogP contribution in [0.3, 0.4) is 0 Å². The van der Waals surface area contributed by atoms with Gasteiger partial charge in [-0.15, -0.1) is 0 Å². The fraction of sp³-hybridized carbons (Fsp3) is 0.524. The van der Waals surface area contributed by atoms with Crippen LogP contribution in [0, 0.1) is 5.92 Å². The van der Waals surface area contributed by atoms with Crippen LogP contribution in [0.2, 0.25) is 0 Å². The van der Waals surface area contributed by atoms with Crippen molar-refractivity contribution in [1.82, 2.24) is 0 Å². The summed E-state index contributed by atoms with van der Waals surface area (Å²) in [5, 5.41) is 10.7. The second-order valence-electron chi connectivity index (χ2n) is 6.86. The SMILES string of the molecule is C=C(C)[C@@H]1CCC(C)=C[C@H]1c1c(O)cc(CCCC)cc1OC. The molecule has 0 amide bonds. The molecule has 0 spiro atoms. The highest BCUT2D eigenvalue weighted by Crippen LogP contribution is 2.46. The molecule has 2 heteroatoms. The number of aromatic hydroxyl groups is 1. The number of methoxy groups -OCH3 is 1. The van der Waals surface area contributed by atoms with Gasteiger partial charge in [-0.05, 0) is 63.1 Å². The Morgan fingerprint density at radius 2 is 2.13 bits per heavy atom. The normalized spacial score (nSPS) is 21.0. The number of rotatable bonds is 6. The van der Waals surface area contributed by atoms with E-state index in [9.17, 15) is 5.11 Å². The van der Waals surface area contributed by atoms with Gasteiger partial charge in [-0.1, -0.05) is 37.1 Å². The van der Waals surface area contributed by atoms with Crippen LogP contribution in [0.25, 0.3) is 0 Å². The van der Waals surface area contributed by atoms with E-state index in [1.807, 2.05) is 6.07 Å². The van der Waals surface area contributed by atoms with Crippen LogP contribution in [0.4, 0.5) is 0 Å². The minimum atomic E-state index is 0.149. The molecule has 0 aromatic heterocycles. The molecule has 1 aliphatic rings. The van der Waals surface area contributed by atoms with Crippen LogP contribution in [0.1, 0.15) is 63.5 Å². The summed E-state index contributed by atoms with van der Waals surface area (Å²) in [6.07, 6.45) is 7.72. The molecule has 23 heavy (non-hydrogen) atoms. The highest BCUT2D eigenvalue weighted by Gasteiger charge is 2.30. The number of hydrogen-bond donors (Lipinski definition) is 1. The number of aryl methyl sites for hydroxylation is 1. The first-order valence-corrected chi connectivity index (χ1v) is 8.70. The van der Waals surface area contributed by atoms with E-state index in [1.54, 1.807) is 7.11 Å². The lowest BCUT2D eigenvalue weighted by atomic mass is 9.73. The lowest BCUT2D eigenvalue weighted by Crippen LogP contribution is -2.17. The Morgan fingerprint density at radius 3 is 2.74 bits per heavy atom. The minimum Gasteiger partial charge on any atom is -0.507 e. The van der Waals surface area contributed by atoms with Crippen molar-refractivity contribution in [2.45, 2.75) is 58.8 Å². The van der Waals surface area contributed by atoms with Crippen LogP contribution in [-0.4, -0.2) is 12.2 Å². The molecular weight excluding hydrogens is 284 g/mol. The van der Waals surface area contributed by atoms with Crippen LogP contribution >= 0.6 is 0 Å². The predicted molar refractivity (Wildman–Crippen MR) is 97.3 cm³/mol. The van der Waals surface area contributed by atoms with E-state index in [0.29, 0.717) is 11.7 Å². The van der Waals surface area contributed by atoms with Crippen molar-refractivity contribution in [3.8, 4) is 11.5 Å². The van der Waals surface area contributed by atoms with Gasteiger partial charge in [0.15, 0.2) is 0 Å². The number of phenols is 1. The van der Waals surface area contributed by atoms with Crippen molar-refractivity contribution >= 4 is 0 Å². The number of phenolic OH excluding ortho intramolecular Hbond substituents is 1. The second kappa shape index (κ2) is 7.72. The van der Waals surface area contributed by atoms with E-state index in [1.165, 1.54) is 11.1 Å². The van der Waals surface area contributed by atoms with Gasteiger partial charge in [0, 0.05) is 11.5 Å². The Kier molecular flexibility index (Phi) is 5.92. The third-order valence-corrected chi connectivity index (χ3v) is 4.93. The summed E-state index contributed by atoms with van der Waals surface area (Å²) in [5.74, 6) is 1.67. The first kappa shape index (κ1) is 17.7. The molecular formula is C21H30O2. The minimum absolute atomic E-state index is 0.149.